The zero-order chi connectivity index (χ0) is 18.0. The van der Waals surface area contributed by atoms with Crippen LogP contribution in [0.1, 0.15) is 35.0 Å². The Morgan fingerprint density at radius 3 is 2.72 bits per heavy atom. The largest absolute Gasteiger partial charge is 0.462 e. The van der Waals surface area contributed by atoms with Crippen molar-refractivity contribution in [1.29, 1.82) is 0 Å². The molecule has 2 atom stereocenters. The van der Waals surface area contributed by atoms with Crippen molar-refractivity contribution in [3.8, 4) is 0 Å². The molecule has 25 heavy (non-hydrogen) atoms. The van der Waals surface area contributed by atoms with Crippen LogP contribution in [0, 0.1) is 12.8 Å². The van der Waals surface area contributed by atoms with Gasteiger partial charge in [-0.15, -0.1) is 0 Å². The zero-order valence-electron chi connectivity index (χ0n) is 14.7. The first kappa shape index (κ1) is 17.2. The molecule has 0 amide bonds. The van der Waals surface area contributed by atoms with Crippen LogP contribution in [-0.4, -0.2) is 33.7 Å². The normalized spacial score (nSPS) is 22.7. The van der Waals surface area contributed by atoms with Crippen molar-refractivity contribution in [3.05, 3.63) is 53.6 Å². The molecule has 1 aliphatic heterocycles. The van der Waals surface area contributed by atoms with Crippen LogP contribution in [0.5, 0.6) is 0 Å². The number of cyclic esters (lactones) is 1. The average Bonchev–Trinajstić information content (AvgIpc) is 3.14. The van der Waals surface area contributed by atoms with Crippen LogP contribution in [0.4, 0.5) is 0 Å². The van der Waals surface area contributed by atoms with E-state index in [2.05, 4.69) is 4.98 Å². The van der Waals surface area contributed by atoms with E-state index < -0.39 is 17.5 Å². The van der Waals surface area contributed by atoms with Crippen LogP contribution in [0.3, 0.4) is 0 Å². The summed E-state index contributed by atoms with van der Waals surface area (Å²) in [5, 5.41) is 0. The Bertz CT molecular complexity index is 781. The molecule has 0 aliphatic carbocycles. The zero-order valence-corrected chi connectivity index (χ0v) is 14.7. The van der Waals surface area contributed by atoms with Crippen LogP contribution in [0.2, 0.25) is 0 Å². The third-order valence-electron chi connectivity index (χ3n) is 4.88. The second kappa shape index (κ2) is 6.70. The van der Waals surface area contributed by atoms with Crippen molar-refractivity contribution in [2.45, 2.75) is 32.3 Å². The fraction of sp³-hybridized carbons (Fsp3) is 0.421. The van der Waals surface area contributed by atoms with Crippen LogP contribution >= 0.6 is 0 Å². The average molecular weight is 342 g/mol. The number of esters is 2. The van der Waals surface area contributed by atoms with Gasteiger partial charge in [-0.2, -0.15) is 0 Å². The van der Waals surface area contributed by atoms with Crippen LogP contribution in [-0.2, 0) is 27.7 Å². The molecule has 1 aliphatic rings. The molecular formula is C19H22N2O4. The third-order valence-corrected chi connectivity index (χ3v) is 4.88. The fourth-order valence-electron chi connectivity index (χ4n) is 3.20. The smallest absolute Gasteiger partial charge is 0.351 e. The summed E-state index contributed by atoms with van der Waals surface area (Å²) in [4.78, 5) is 29.1. The predicted molar refractivity (Wildman–Crippen MR) is 91.0 cm³/mol. The molecule has 0 spiro atoms. The minimum Gasteiger partial charge on any atom is -0.462 e. The molecule has 1 fully saturated rings. The minimum atomic E-state index is -1.26. The van der Waals surface area contributed by atoms with E-state index in [-0.39, 0.29) is 12.5 Å². The Morgan fingerprint density at radius 1 is 1.40 bits per heavy atom. The molecule has 6 nitrogen and oxygen atoms in total. The van der Waals surface area contributed by atoms with E-state index in [1.54, 1.807) is 24.7 Å². The second-order valence-corrected chi connectivity index (χ2v) is 6.49. The van der Waals surface area contributed by atoms with Gasteiger partial charge in [0, 0.05) is 24.9 Å². The maximum atomic E-state index is 12.6. The molecule has 2 heterocycles. The number of ether oxygens (including phenoxy) is 2. The number of rotatable bonds is 5. The predicted octanol–water partition coefficient (Wildman–Crippen LogP) is 2.45. The van der Waals surface area contributed by atoms with E-state index in [0.29, 0.717) is 18.4 Å². The topological polar surface area (TPSA) is 70.4 Å². The summed E-state index contributed by atoms with van der Waals surface area (Å²) in [5.41, 5.74) is 1.19. The van der Waals surface area contributed by atoms with Gasteiger partial charge in [0.1, 0.15) is 0 Å². The van der Waals surface area contributed by atoms with Crippen LogP contribution in [0.25, 0.3) is 0 Å². The highest BCUT2D eigenvalue weighted by atomic mass is 16.6. The number of imidazole rings is 1. The van der Waals surface area contributed by atoms with Gasteiger partial charge in [0.2, 0.25) is 5.60 Å². The number of carbonyl (C=O) groups is 2. The molecule has 1 aromatic carbocycles. The van der Waals surface area contributed by atoms with Crippen molar-refractivity contribution >= 4 is 11.9 Å². The first-order valence-corrected chi connectivity index (χ1v) is 8.38. The van der Waals surface area contributed by atoms with Crippen molar-refractivity contribution in [1.82, 2.24) is 9.55 Å². The summed E-state index contributed by atoms with van der Waals surface area (Å²) < 4.78 is 12.9. The van der Waals surface area contributed by atoms with Crippen molar-refractivity contribution < 1.29 is 19.1 Å². The maximum Gasteiger partial charge on any atom is 0.351 e. The van der Waals surface area contributed by atoms with Gasteiger partial charge in [-0.05, 0) is 31.9 Å². The van der Waals surface area contributed by atoms with Crippen molar-refractivity contribution in [3.63, 3.8) is 0 Å². The van der Waals surface area contributed by atoms with Crippen LogP contribution < -0.4 is 0 Å². The van der Waals surface area contributed by atoms with Gasteiger partial charge in [0.15, 0.2) is 0 Å². The van der Waals surface area contributed by atoms with Gasteiger partial charge in [-0.3, -0.25) is 0 Å². The molecule has 6 heteroatoms. The summed E-state index contributed by atoms with van der Waals surface area (Å²) in [6, 6.07) is 7.10. The van der Waals surface area contributed by atoms with Crippen molar-refractivity contribution in [2.75, 3.05) is 6.61 Å². The Hall–Kier alpha value is -2.63. The molecule has 3 rings (SSSR count). The maximum absolute atomic E-state index is 12.6. The Balaban J connectivity index is 1.85. The number of benzene rings is 1. The summed E-state index contributed by atoms with van der Waals surface area (Å²) in [5.74, 6) is -1.21. The quantitative estimate of drug-likeness (QED) is 0.781. The van der Waals surface area contributed by atoms with E-state index in [9.17, 15) is 9.59 Å². The van der Waals surface area contributed by atoms with Crippen molar-refractivity contribution in [2.24, 2.45) is 13.0 Å². The Kier molecular flexibility index (Phi) is 4.61. The molecule has 132 valence electrons. The number of aromatic nitrogens is 2. The lowest BCUT2D eigenvalue weighted by Gasteiger charge is -2.29. The van der Waals surface area contributed by atoms with Gasteiger partial charge < -0.3 is 14.0 Å². The number of carbonyl (C=O) groups excluding carboxylic acids is 2. The van der Waals surface area contributed by atoms with Gasteiger partial charge in [0.25, 0.3) is 0 Å². The fourth-order valence-corrected chi connectivity index (χ4v) is 3.20. The highest BCUT2D eigenvalue weighted by Crippen LogP contribution is 2.37. The van der Waals surface area contributed by atoms with E-state index in [1.807, 2.05) is 37.6 Å². The highest BCUT2D eigenvalue weighted by molar-refractivity contribution is 5.93. The Labute approximate surface area is 146 Å². The molecule has 0 radical (unpaired) electrons. The van der Waals surface area contributed by atoms with Crippen LogP contribution in [0.15, 0.2) is 36.8 Å². The monoisotopic (exact) mass is 342 g/mol. The lowest BCUT2D eigenvalue weighted by molar-refractivity contribution is -0.155. The summed E-state index contributed by atoms with van der Waals surface area (Å²) in [7, 11) is 1.89. The second-order valence-electron chi connectivity index (χ2n) is 6.49. The summed E-state index contributed by atoms with van der Waals surface area (Å²) >= 11 is 0. The van der Waals surface area contributed by atoms with Gasteiger partial charge in [-0.1, -0.05) is 24.6 Å². The van der Waals surface area contributed by atoms with E-state index in [0.717, 1.165) is 11.3 Å². The minimum absolute atomic E-state index is 0.235. The molecule has 0 N–H and O–H groups in total. The first-order chi connectivity index (χ1) is 12.0. The van der Waals surface area contributed by atoms with E-state index in [4.69, 9.17) is 9.47 Å². The lowest BCUT2D eigenvalue weighted by atomic mass is 9.84. The number of aryl methyl sites for hydroxylation is 2. The highest BCUT2D eigenvalue weighted by Gasteiger charge is 2.54. The third kappa shape index (κ3) is 3.16. The molecule has 1 saturated heterocycles. The van der Waals surface area contributed by atoms with Gasteiger partial charge in [0.05, 0.1) is 18.5 Å². The van der Waals surface area contributed by atoms with E-state index in [1.165, 1.54) is 0 Å². The number of hydrogen-bond acceptors (Lipinski definition) is 5. The Morgan fingerprint density at radius 2 is 2.12 bits per heavy atom. The molecule has 0 bridgehead atoms. The summed E-state index contributed by atoms with van der Waals surface area (Å²) in [6.45, 7) is 4.02. The summed E-state index contributed by atoms with van der Waals surface area (Å²) in [6.07, 6.45) is 4.38. The number of hydrogen-bond donors (Lipinski definition) is 0. The molecule has 1 aromatic heterocycles. The lowest BCUT2D eigenvalue weighted by Crippen LogP contribution is -2.46. The SMILES string of the molecule is CC[C@@]1(OC(=O)c2ccc(C)cc2)C(=O)OC[C@H]1Cc1cncn1C. The molecule has 0 saturated carbocycles. The molecule has 2 aromatic rings. The first-order valence-electron chi connectivity index (χ1n) is 8.38. The molecular weight excluding hydrogens is 320 g/mol. The number of nitrogens with zero attached hydrogens (tertiary/aromatic N) is 2. The molecule has 0 unspecified atom stereocenters. The van der Waals surface area contributed by atoms with Gasteiger partial charge >= 0.3 is 11.9 Å². The van der Waals surface area contributed by atoms with E-state index >= 15 is 0 Å². The standard InChI is InChI=1S/C19H22N2O4/c1-4-19(25-17(22)14-7-5-13(2)6-8-14)15(11-24-18(19)23)9-16-10-20-12-21(16)3/h5-8,10,12,15H,4,9,11H2,1-3H3/t15-,19+/m1/s1. The van der Waals surface area contributed by atoms with Gasteiger partial charge in [-0.25, -0.2) is 14.6 Å².